The fourth-order valence-electron chi connectivity index (χ4n) is 2.50. The van der Waals surface area contributed by atoms with Crippen LogP contribution in [0.5, 0.6) is 0 Å². The van der Waals surface area contributed by atoms with E-state index in [1.807, 2.05) is 6.92 Å². The molecule has 0 heterocycles. The Hall–Kier alpha value is -0.820. The van der Waals surface area contributed by atoms with Crippen LogP contribution in [-0.4, -0.2) is 25.7 Å². The maximum absolute atomic E-state index is 5.90. The van der Waals surface area contributed by atoms with Gasteiger partial charge in [-0.25, -0.2) is 0 Å². The number of nitrogens with two attached hydrogens (primary N) is 1. The maximum atomic E-state index is 5.90. The second-order valence-corrected chi connectivity index (χ2v) is 5.13. The SMILES string of the molecule is CCOCCCCN=C(N)Nc1ccc2c(c1)CCC2.I. The number of halogens is 1. The third-order valence-corrected chi connectivity index (χ3v) is 3.55. The minimum absolute atomic E-state index is 0. The van der Waals surface area contributed by atoms with Gasteiger partial charge < -0.3 is 15.8 Å². The lowest BCUT2D eigenvalue weighted by Gasteiger charge is -2.08. The first-order valence-electron chi connectivity index (χ1n) is 7.56. The Kier molecular flexibility index (Phi) is 8.68. The number of guanidine groups is 1. The van der Waals surface area contributed by atoms with E-state index in [1.165, 1.54) is 30.4 Å². The monoisotopic (exact) mass is 403 g/mol. The maximum Gasteiger partial charge on any atom is 0.193 e. The smallest absolute Gasteiger partial charge is 0.193 e. The summed E-state index contributed by atoms with van der Waals surface area (Å²) >= 11 is 0. The molecular weight excluding hydrogens is 377 g/mol. The van der Waals surface area contributed by atoms with Crippen molar-refractivity contribution in [2.75, 3.05) is 25.1 Å². The normalized spacial score (nSPS) is 13.7. The van der Waals surface area contributed by atoms with Gasteiger partial charge in [0.1, 0.15) is 0 Å². The highest BCUT2D eigenvalue weighted by Crippen LogP contribution is 2.24. The van der Waals surface area contributed by atoms with Crippen molar-refractivity contribution in [2.24, 2.45) is 10.7 Å². The first-order valence-corrected chi connectivity index (χ1v) is 7.56. The third-order valence-electron chi connectivity index (χ3n) is 3.55. The van der Waals surface area contributed by atoms with Crippen LogP contribution in [0.4, 0.5) is 5.69 Å². The summed E-state index contributed by atoms with van der Waals surface area (Å²) in [6, 6.07) is 6.47. The lowest BCUT2D eigenvalue weighted by molar-refractivity contribution is 0.144. The molecule has 0 atom stereocenters. The Bertz CT molecular complexity index is 463. The van der Waals surface area contributed by atoms with Crippen molar-refractivity contribution < 1.29 is 4.74 Å². The second-order valence-electron chi connectivity index (χ2n) is 5.13. The van der Waals surface area contributed by atoms with Gasteiger partial charge in [-0.1, -0.05) is 6.07 Å². The van der Waals surface area contributed by atoms with E-state index in [0.29, 0.717) is 5.96 Å². The lowest BCUT2D eigenvalue weighted by Crippen LogP contribution is -2.23. The number of hydrogen-bond acceptors (Lipinski definition) is 2. The molecule has 118 valence electrons. The van der Waals surface area contributed by atoms with Gasteiger partial charge in [0.2, 0.25) is 0 Å². The fraction of sp³-hybridized carbons (Fsp3) is 0.562. The van der Waals surface area contributed by atoms with Crippen LogP contribution in [0.25, 0.3) is 0 Å². The molecule has 5 heteroatoms. The van der Waals surface area contributed by atoms with Gasteiger partial charge in [0.25, 0.3) is 0 Å². The van der Waals surface area contributed by atoms with E-state index in [2.05, 4.69) is 28.5 Å². The Balaban J connectivity index is 0.00000220. The molecule has 0 amide bonds. The molecule has 1 aromatic carbocycles. The molecule has 4 nitrogen and oxygen atoms in total. The van der Waals surface area contributed by atoms with Crippen molar-refractivity contribution in [3.8, 4) is 0 Å². The minimum Gasteiger partial charge on any atom is -0.382 e. The number of hydrogen-bond donors (Lipinski definition) is 2. The number of benzene rings is 1. The van der Waals surface area contributed by atoms with Crippen molar-refractivity contribution in [1.29, 1.82) is 0 Å². The summed E-state index contributed by atoms with van der Waals surface area (Å²) in [7, 11) is 0. The number of aliphatic imine (C=N–C) groups is 1. The van der Waals surface area contributed by atoms with E-state index in [1.54, 1.807) is 0 Å². The Labute approximate surface area is 144 Å². The largest absolute Gasteiger partial charge is 0.382 e. The molecule has 1 aliphatic rings. The predicted octanol–water partition coefficient (Wildman–Crippen LogP) is 3.34. The molecule has 0 spiro atoms. The van der Waals surface area contributed by atoms with Gasteiger partial charge in [0, 0.05) is 25.4 Å². The summed E-state index contributed by atoms with van der Waals surface area (Å²) in [6.07, 6.45) is 5.69. The summed E-state index contributed by atoms with van der Waals surface area (Å²) in [5.41, 5.74) is 9.86. The molecule has 0 saturated heterocycles. The predicted molar refractivity (Wildman–Crippen MR) is 99.7 cm³/mol. The Morgan fingerprint density at radius 2 is 2.10 bits per heavy atom. The first kappa shape index (κ1) is 18.2. The summed E-state index contributed by atoms with van der Waals surface area (Å²) < 4.78 is 5.28. The van der Waals surface area contributed by atoms with Crippen LogP contribution in [0.2, 0.25) is 0 Å². The molecular formula is C16H26IN3O. The van der Waals surface area contributed by atoms with Crippen molar-refractivity contribution in [3.05, 3.63) is 29.3 Å². The van der Waals surface area contributed by atoms with E-state index in [9.17, 15) is 0 Å². The van der Waals surface area contributed by atoms with Crippen LogP contribution >= 0.6 is 24.0 Å². The first-order chi connectivity index (χ1) is 9.79. The number of rotatable bonds is 7. The quantitative estimate of drug-likeness (QED) is 0.318. The van der Waals surface area contributed by atoms with Crippen LogP contribution < -0.4 is 11.1 Å². The van der Waals surface area contributed by atoms with Gasteiger partial charge in [-0.2, -0.15) is 0 Å². The van der Waals surface area contributed by atoms with Crippen molar-refractivity contribution in [3.63, 3.8) is 0 Å². The van der Waals surface area contributed by atoms with Gasteiger partial charge in [0.15, 0.2) is 5.96 Å². The minimum atomic E-state index is 0. The zero-order valence-corrected chi connectivity index (χ0v) is 15.1. The van der Waals surface area contributed by atoms with Crippen LogP contribution in [-0.2, 0) is 17.6 Å². The van der Waals surface area contributed by atoms with E-state index in [-0.39, 0.29) is 24.0 Å². The van der Waals surface area contributed by atoms with Crippen LogP contribution in [0.3, 0.4) is 0 Å². The number of unbranched alkanes of at least 4 members (excludes halogenated alkanes) is 1. The third kappa shape index (κ3) is 6.22. The average molecular weight is 403 g/mol. The molecule has 1 aromatic rings. The molecule has 0 unspecified atom stereocenters. The van der Waals surface area contributed by atoms with Gasteiger partial charge >= 0.3 is 0 Å². The molecule has 21 heavy (non-hydrogen) atoms. The van der Waals surface area contributed by atoms with E-state index in [0.717, 1.165) is 38.3 Å². The number of ether oxygens (including phenoxy) is 1. The van der Waals surface area contributed by atoms with Crippen LogP contribution in [0, 0.1) is 0 Å². The highest BCUT2D eigenvalue weighted by Gasteiger charge is 2.10. The van der Waals surface area contributed by atoms with E-state index in [4.69, 9.17) is 10.5 Å². The molecule has 1 aliphatic carbocycles. The van der Waals surface area contributed by atoms with E-state index >= 15 is 0 Å². The molecule has 0 aromatic heterocycles. The van der Waals surface area contributed by atoms with Gasteiger partial charge in [0.05, 0.1) is 0 Å². The van der Waals surface area contributed by atoms with Crippen molar-refractivity contribution in [2.45, 2.75) is 39.0 Å². The second kappa shape index (κ2) is 10.00. The summed E-state index contributed by atoms with van der Waals surface area (Å²) in [4.78, 5) is 4.34. The zero-order chi connectivity index (χ0) is 14.2. The van der Waals surface area contributed by atoms with Crippen LogP contribution in [0.15, 0.2) is 23.2 Å². The highest BCUT2D eigenvalue weighted by molar-refractivity contribution is 14.0. The van der Waals surface area contributed by atoms with Crippen molar-refractivity contribution >= 4 is 35.6 Å². The molecule has 0 radical (unpaired) electrons. The number of nitrogens with zero attached hydrogens (tertiary/aromatic N) is 1. The molecule has 0 fully saturated rings. The number of fused-ring (bicyclic) bond motifs is 1. The average Bonchev–Trinajstić information content (AvgIpc) is 2.90. The molecule has 0 saturated carbocycles. The molecule has 3 N–H and O–H groups in total. The highest BCUT2D eigenvalue weighted by atomic mass is 127. The number of aryl methyl sites for hydroxylation is 2. The fourth-order valence-corrected chi connectivity index (χ4v) is 2.50. The summed E-state index contributed by atoms with van der Waals surface area (Å²) in [5, 5.41) is 3.17. The molecule has 2 rings (SSSR count). The van der Waals surface area contributed by atoms with E-state index < -0.39 is 0 Å². The number of anilines is 1. The number of nitrogens with one attached hydrogen (secondary N) is 1. The summed E-state index contributed by atoms with van der Waals surface area (Å²) in [6.45, 7) is 4.35. The Morgan fingerprint density at radius 1 is 1.29 bits per heavy atom. The van der Waals surface area contributed by atoms with Crippen LogP contribution in [0.1, 0.15) is 37.3 Å². The summed E-state index contributed by atoms with van der Waals surface area (Å²) in [5.74, 6) is 0.499. The van der Waals surface area contributed by atoms with Gasteiger partial charge in [-0.3, -0.25) is 4.99 Å². The zero-order valence-electron chi connectivity index (χ0n) is 12.7. The topological polar surface area (TPSA) is 59.6 Å². The Morgan fingerprint density at radius 3 is 2.90 bits per heavy atom. The standard InChI is InChI=1S/C16H25N3O.HI/c1-2-20-11-4-3-10-18-16(17)19-15-9-8-13-6-5-7-14(13)12-15;/h8-9,12H,2-7,10-11H2,1H3,(H3,17,18,19);1H. The lowest BCUT2D eigenvalue weighted by atomic mass is 10.1. The van der Waals surface area contributed by atoms with Gasteiger partial charge in [-0.05, 0) is 62.3 Å². The molecule has 0 bridgehead atoms. The molecule has 0 aliphatic heterocycles. The van der Waals surface area contributed by atoms with Crippen molar-refractivity contribution in [1.82, 2.24) is 0 Å². The van der Waals surface area contributed by atoms with Gasteiger partial charge in [-0.15, -0.1) is 24.0 Å².